The van der Waals surface area contributed by atoms with E-state index in [-0.39, 0.29) is 17.6 Å². The first kappa shape index (κ1) is 23.7. The number of aromatic carboxylic acids is 1. The Labute approximate surface area is 196 Å². The van der Waals surface area contributed by atoms with Gasteiger partial charge >= 0.3 is 5.97 Å². The lowest BCUT2D eigenvalue weighted by atomic mass is 9.86. The summed E-state index contributed by atoms with van der Waals surface area (Å²) in [4.78, 5) is 28.1. The van der Waals surface area contributed by atoms with Crippen LogP contribution in [0.1, 0.15) is 42.1 Å². The van der Waals surface area contributed by atoms with E-state index in [1.165, 1.54) is 18.7 Å². The molecule has 1 aliphatic heterocycles. The maximum Gasteiger partial charge on any atom is 0.341 e. The molecule has 3 heterocycles. The van der Waals surface area contributed by atoms with E-state index >= 15 is 0 Å². The van der Waals surface area contributed by atoms with Crippen molar-refractivity contribution in [2.24, 2.45) is 0 Å². The zero-order valence-corrected chi connectivity index (χ0v) is 19.4. The molecule has 0 spiro atoms. The Bertz CT molecular complexity index is 1210. The lowest BCUT2D eigenvalue weighted by Crippen LogP contribution is -2.27. The van der Waals surface area contributed by atoms with Crippen LogP contribution in [-0.2, 0) is 16.0 Å². The maximum absolute atomic E-state index is 12.5. The third-order valence-corrected chi connectivity index (χ3v) is 5.72. The van der Waals surface area contributed by atoms with E-state index in [9.17, 15) is 14.7 Å². The maximum atomic E-state index is 12.5. The van der Waals surface area contributed by atoms with Gasteiger partial charge in [0.15, 0.2) is 17.6 Å². The molecule has 0 saturated carbocycles. The van der Waals surface area contributed by atoms with E-state index in [4.69, 9.17) is 18.6 Å². The van der Waals surface area contributed by atoms with Gasteiger partial charge in [-0.2, -0.15) is 0 Å². The summed E-state index contributed by atoms with van der Waals surface area (Å²) in [5.74, 6) is -0.150. The van der Waals surface area contributed by atoms with Gasteiger partial charge in [0, 0.05) is 50.4 Å². The Morgan fingerprint density at radius 3 is 2.76 bits per heavy atom. The van der Waals surface area contributed by atoms with Crippen LogP contribution in [0.4, 0.5) is 0 Å². The minimum absolute atomic E-state index is 0.0340. The second-order valence-corrected chi connectivity index (χ2v) is 8.47. The Kier molecular flexibility index (Phi) is 7.14. The topological polar surface area (TPSA) is 113 Å². The van der Waals surface area contributed by atoms with Crippen molar-refractivity contribution in [3.8, 4) is 28.3 Å². The average Bonchev–Trinajstić information content (AvgIpc) is 3.34. The summed E-state index contributed by atoms with van der Waals surface area (Å²) < 4.78 is 24.5. The molecular weight excluding hydrogens is 440 g/mol. The standard InChI is InChI=1S/C25H28N2O7/c1-15(2)33-13-16-11-27-12-20(25(29)30)22(28)9-21(27)18-7-19(24-10-26-14-34-24)23(8-17(16)18)32-6-4-5-31-3/h7-10,12,14-16H,4-6,11,13H2,1-3H3,(H,29,30)/t16-/m1/s1. The second kappa shape index (κ2) is 10.2. The van der Waals surface area contributed by atoms with Crippen LogP contribution in [0.15, 0.2) is 46.2 Å². The fourth-order valence-corrected chi connectivity index (χ4v) is 4.11. The minimum atomic E-state index is -1.25. The van der Waals surface area contributed by atoms with Crippen molar-refractivity contribution in [2.45, 2.75) is 38.8 Å². The number of carboxylic acid groups (broad SMARTS) is 1. The Balaban J connectivity index is 1.86. The number of rotatable bonds is 10. The van der Waals surface area contributed by atoms with E-state index in [1.54, 1.807) is 13.3 Å². The van der Waals surface area contributed by atoms with Gasteiger partial charge in [-0.25, -0.2) is 9.78 Å². The van der Waals surface area contributed by atoms with Gasteiger partial charge in [-0.3, -0.25) is 4.79 Å². The van der Waals surface area contributed by atoms with Gasteiger partial charge < -0.3 is 28.3 Å². The summed E-state index contributed by atoms with van der Waals surface area (Å²) in [6, 6.07) is 5.26. The van der Waals surface area contributed by atoms with Gasteiger partial charge in [0.05, 0.1) is 36.8 Å². The smallest absolute Gasteiger partial charge is 0.341 e. The molecule has 180 valence electrons. The van der Waals surface area contributed by atoms with Crippen molar-refractivity contribution in [2.75, 3.05) is 26.9 Å². The van der Waals surface area contributed by atoms with Crippen LogP contribution in [0.3, 0.4) is 0 Å². The molecule has 0 unspecified atom stereocenters. The predicted molar refractivity (Wildman–Crippen MR) is 124 cm³/mol. The normalized spacial score (nSPS) is 14.6. The lowest BCUT2D eigenvalue weighted by Gasteiger charge is -2.31. The number of carboxylic acids is 1. The average molecular weight is 469 g/mol. The Hall–Kier alpha value is -3.43. The molecule has 0 saturated heterocycles. The van der Waals surface area contributed by atoms with Crippen molar-refractivity contribution in [3.63, 3.8) is 0 Å². The summed E-state index contributed by atoms with van der Waals surface area (Å²) in [7, 11) is 1.65. The molecule has 9 nitrogen and oxygen atoms in total. The first-order chi connectivity index (χ1) is 16.4. The summed E-state index contributed by atoms with van der Waals surface area (Å²) in [6.45, 7) is 5.88. The molecule has 0 radical (unpaired) electrons. The summed E-state index contributed by atoms with van der Waals surface area (Å²) in [5, 5.41) is 9.45. The Morgan fingerprint density at radius 1 is 1.26 bits per heavy atom. The summed E-state index contributed by atoms with van der Waals surface area (Å²) >= 11 is 0. The van der Waals surface area contributed by atoms with Crippen LogP contribution in [0.5, 0.6) is 5.75 Å². The third-order valence-electron chi connectivity index (χ3n) is 5.72. The molecule has 0 amide bonds. The first-order valence-electron chi connectivity index (χ1n) is 11.2. The molecule has 0 aliphatic carbocycles. The first-order valence-corrected chi connectivity index (χ1v) is 11.2. The number of benzene rings is 1. The van der Waals surface area contributed by atoms with E-state index in [1.807, 2.05) is 30.5 Å². The zero-order chi connectivity index (χ0) is 24.2. The van der Waals surface area contributed by atoms with Crippen molar-refractivity contribution >= 4 is 5.97 Å². The van der Waals surface area contributed by atoms with Crippen molar-refractivity contribution in [1.82, 2.24) is 9.55 Å². The van der Waals surface area contributed by atoms with Gasteiger partial charge in [-0.15, -0.1) is 0 Å². The number of nitrogens with zero attached hydrogens (tertiary/aromatic N) is 2. The largest absolute Gasteiger partial charge is 0.493 e. The molecule has 1 aliphatic rings. The van der Waals surface area contributed by atoms with Crippen LogP contribution in [0.2, 0.25) is 0 Å². The lowest BCUT2D eigenvalue weighted by molar-refractivity contribution is 0.0636. The van der Waals surface area contributed by atoms with Gasteiger partial charge in [0.2, 0.25) is 0 Å². The van der Waals surface area contributed by atoms with Crippen molar-refractivity contribution in [3.05, 3.63) is 58.3 Å². The predicted octanol–water partition coefficient (Wildman–Crippen LogP) is 3.81. The molecule has 1 atom stereocenters. The number of fused-ring (bicyclic) bond motifs is 3. The zero-order valence-electron chi connectivity index (χ0n) is 19.4. The molecule has 34 heavy (non-hydrogen) atoms. The van der Waals surface area contributed by atoms with E-state index in [2.05, 4.69) is 4.98 Å². The molecule has 1 aromatic carbocycles. The highest BCUT2D eigenvalue weighted by Gasteiger charge is 2.29. The molecule has 3 aromatic rings. The number of oxazole rings is 1. The van der Waals surface area contributed by atoms with Crippen LogP contribution in [0.25, 0.3) is 22.6 Å². The molecule has 2 aromatic heterocycles. The highest BCUT2D eigenvalue weighted by atomic mass is 16.5. The highest BCUT2D eigenvalue weighted by Crippen LogP contribution is 2.43. The molecular formula is C25H28N2O7. The quantitative estimate of drug-likeness (QED) is 0.447. The number of pyridine rings is 1. The Morgan fingerprint density at radius 2 is 2.09 bits per heavy atom. The summed E-state index contributed by atoms with van der Waals surface area (Å²) in [5.41, 5.74) is 2.30. The number of aromatic nitrogens is 2. The third kappa shape index (κ3) is 4.90. The molecule has 0 fully saturated rings. The number of ether oxygens (including phenoxy) is 3. The summed E-state index contributed by atoms with van der Waals surface area (Å²) in [6.07, 6.45) is 5.12. The van der Waals surface area contributed by atoms with Crippen molar-refractivity contribution < 1.29 is 28.5 Å². The highest BCUT2D eigenvalue weighted by molar-refractivity contribution is 5.88. The molecule has 9 heteroatoms. The molecule has 0 bridgehead atoms. The molecule has 4 rings (SSSR count). The van der Waals surface area contributed by atoms with Gasteiger partial charge in [0.1, 0.15) is 11.3 Å². The monoisotopic (exact) mass is 468 g/mol. The number of carbonyl (C=O) groups is 1. The van der Waals surface area contributed by atoms with Crippen LogP contribution in [-0.4, -0.2) is 53.7 Å². The van der Waals surface area contributed by atoms with E-state index < -0.39 is 11.4 Å². The van der Waals surface area contributed by atoms with Crippen LogP contribution in [0, 0.1) is 0 Å². The number of methoxy groups -OCH3 is 1. The van der Waals surface area contributed by atoms with Crippen molar-refractivity contribution in [1.29, 1.82) is 0 Å². The fourth-order valence-electron chi connectivity index (χ4n) is 4.11. The number of hydrogen-bond acceptors (Lipinski definition) is 7. The van der Waals surface area contributed by atoms with Crippen LogP contribution >= 0.6 is 0 Å². The van der Waals surface area contributed by atoms with E-state index in [0.717, 1.165) is 17.5 Å². The van der Waals surface area contributed by atoms with E-state index in [0.29, 0.717) is 49.1 Å². The number of hydrogen-bond donors (Lipinski definition) is 1. The van der Waals surface area contributed by atoms with Gasteiger partial charge in [-0.1, -0.05) is 0 Å². The second-order valence-electron chi connectivity index (χ2n) is 8.47. The SMILES string of the molecule is COCCCOc1cc2c(cc1-c1cnco1)-c1cc(=O)c(C(=O)O)cn1C[C@@H]2COC(C)C. The molecule has 1 N–H and O–H groups in total. The minimum Gasteiger partial charge on any atom is -0.493 e. The fraction of sp³-hybridized carbons (Fsp3) is 0.400. The van der Waals surface area contributed by atoms with Gasteiger partial charge in [0.25, 0.3) is 0 Å². The van der Waals surface area contributed by atoms with Crippen LogP contribution < -0.4 is 10.2 Å². The van der Waals surface area contributed by atoms with Gasteiger partial charge in [-0.05, 0) is 31.5 Å².